The quantitative estimate of drug-likeness (QED) is 0.278. The van der Waals surface area contributed by atoms with Crippen LogP contribution in [0.3, 0.4) is 0 Å². The van der Waals surface area contributed by atoms with E-state index in [-0.39, 0.29) is 29.2 Å². The monoisotopic (exact) mass is 416 g/mol. The van der Waals surface area contributed by atoms with Crippen molar-refractivity contribution in [2.75, 3.05) is 0 Å². The van der Waals surface area contributed by atoms with Crippen molar-refractivity contribution in [3.05, 3.63) is 23.3 Å². The molecule has 0 N–H and O–H groups in total. The summed E-state index contributed by atoms with van der Waals surface area (Å²) in [4.78, 5) is 0.259. The Morgan fingerprint density at radius 1 is 1.39 bits per heavy atom. The van der Waals surface area contributed by atoms with Crippen LogP contribution in [-0.4, -0.2) is 37.3 Å². The molecule has 2 nitrogen and oxygen atoms in total. The molecule has 2 aliphatic rings. The van der Waals surface area contributed by atoms with Gasteiger partial charge in [-0.3, -0.25) is 0 Å². The molecule has 0 radical (unpaired) electrons. The summed E-state index contributed by atoms with van der Waals surface area (Å²) in [6, 6.07) is 0. The lowest BCUT2D eigenvalue weighted by molar-refractivity contribution is -0.0269. The van der Waals surface area contributed by atoms with Crippen molar-refractivity contribution in [2.24, 2.45) is 0 Å². The van der Waals surface area contributed by atoms with E-state index in [1.54, 1.807) is 0 Å². The van der Waals surface area contributed by atoms with Crippen LogP contribution in [0.25, 0.3) is 0 Å². The SMILES string of the molecule is CC[C@H]1O[C@@H]([C@@H]2O[C@@H]2/C=C\C#C[Si](C)(C)C)C/C=C(/Cl)C[C@@H]1Br. The fourth-order valence-corrected chi connectivity index (χ4v) is 4.37. The van der Waals surface area contributed by atoms with Gasteiger partial charge < -0.3 is 9.47 Å². The number of allylic oxidation sites excluding steroid dienone is 2. The summed E-state index contributed by atoms with van der Waals surface area (Å²) in [5.41, 5.74) is 3.33. The van der Waals surface area contributed by atoms with Gasteiger partial charge in [0, 0.05) is 9.86 Å². The standard InChI is InChI=1S/C18H26BrClO2Si/c1-5-15-14(19)12-13(20)9-10-17(21-15)18-16(22-18)8-6-7-11-23(2,3)4/h6,8-9,14-18H,5,10,12H2,1-4H3/b8-6-,13-9+/t14-,15+,16+,17+,18+/m0/s1. The molecule has 128 valence electrons. The van der Waals surface area contributed by atoms with Gasteiger partial charge in [0.15, 0.2) is 0 Å². The molecule has 23 heavy (non-hydrogen) atoms. The third kappa shape index (κ3) is 6.40. The molecule has 1 fully saturated rings. The first-order valence-corrected chi connectivity index (χ1v) is 13.1. The van der Waals surface area contributed by atoms with Crippen LogP contribution in [0.15, 0.2) is 23.3 Å². The summed E-state index contributed by atoms with van der Waals surface area (Å²) in [6.45, 7) is 8.87. The van der Waals surface area contributed by atoms with Crippen molar-refractivity contribution in [1.82, 2.24) is 0 Å². The Kier molecular flexibility index (Phi) is 7.00. The van der Waals surface area contributed by atoms with Crippen molar-refractivity contribution in [3.8, 4) is 11.5 Å². The second-order valence-electron chi connectivity index (χ2n) is 7.17. The molecular formula is C18H26BrClO2Si. The Labute approximate surface area is 154 Å². The maximum absolute atomic E-state index is 6.29. The highest BCUT2D eigenvalue weighted by molar-refractivity contribution is 9.09. The zero-order valence-corrected chi connectivity index (χ0v) is 17.7. The van der Waals surface area contributed by atoms with Crippen LogP contribution in [0.5, 0.6) is 0 Å². The van der Waals surface area contributed by atoms with Crippen LogP contribution in [0.2, 0.25) is 19.6 Å². The Balaban J connectivity index is 1.95. The van der Waals surface area contributed by atoms with E-state index >= 15 is 0 Å². The van der Waals surface area contributed by atoms with Crippen LogP contribution >= 0.6 is 27.5 Å². The van der Waals surface area contributed by atoms with Gasteiger partial charge in [-0.25, -0.2) is 0 Å². The van der Waals surface area contributed by atoms with Crippen LogP contribution in [-0.2, 0) is 9.47 Å². The van der Waals surface area contributed by atoms with E-state index in [4.69, 9.17) is 21.1 Å². The average molecular weight is 418 g/mol. The molecule has 0 aliphatic carbocycles. The molecule has 5 heteroatoms. The molecule has 1 saturated heterocycles. The highest BCUT2D eigenvalue weighted by atomic mass is 79.9. The molecule has 0 aromatic carbocycles. The Bertz CT molecular complexity index is 529. The predicted molar refractivity (Wildman–Crippen MR) is 104 cm³/mol. The summed E-state index contributed by atoms with van der Waals surface area (Å²) >= 11 is 9.99. The molecule has 0 unspecified atom stereocenters. The predicted octanol–water partition coefficient (Wildman–Crippen LogP) is 5.03. The first-order chi connectivity index (χ1) is 10.8. The van der Waals surface area contributed by atoms with E-state index in [1.807, 2.05) is 6.08 Å². The fourth-order valence-electron chi connectivity index (χ4n) is 2.57. The molecule has 5 atom stereocenters. The maximum Gasteiger partial charge on any atom is 0.129 e. The molecule has 0 saturated carbocycles. The molecule has 0 amide bonds. The average Bonchev–Trinajstić information content (AvgIpc) is 3.20. The van der Waals surface area contributed by atoms with E-state index < -0.39 is 8.07 Å². The van der Waals surface area contributed by atoms with Gasteiger partial charge in [0.25, 0.3) is 0 Å². The molecular weight excluding hydrogens is 392 g/mol. The second kappa shape index (κ2) is 8.36. The van der Waals surface area contributed by atoms with Gasteiger partial charge in [-0.05, 0) is 31.4 Å². The summed E-state index contributed by atoms with van der Waals surface area (Å²) in [5, 5.41) is 0.910. The van der Waals surface area contributed by atoms with Crippen LogP contribution in [0.1, 0.15) is 26.2 Å². The van der Waals surface area contributed by atoms with Gasteiger partial charge in [-0.2, -0.15) is 0 Å². The molecule has 0 bridgehead atoms. The highest BCUT2D eigenvalue weighted by Crippen LogP contribution is 2.35. The van der Waals surface area contributed by atoms with Gasteiger partial charge in [-0.1, -0.05) is 66.1 Å². The Morgan fingerprint density at radius 3 is 2.78 bits per heavy atom. The molecule has 0 aromatic heterocycles. The summed E-state index contributed by atoms with van der Waals surface area (Å²) < 4.78 is 12.1. The van der Waals surface area contributed by atoms with Gasteiger partial charge >= 0.3 is 0 Å². The fraction of sp³-hybridized carbons (Fsp3) is 0.667. The van der Waals surface area contributed by atoms with E-state index in [9.17, 15) is 0 Å². The van der Waals surface area contributed by atoms with Gasteiger partial charge in [0.05, 0.1) is 12.2 Å². The number of ether oxygens (including phenoxy) is 2. The Morgan fingerprint density at radius 2 is 2.13 bits per heavy atom. The number of halogens is 2. The second-order valence-corrected chi connectivity index (χ2v) is 13.6. The van der Waals surface area contributed by atoms with E-state index in [2.05, 4.69) is 66.1 Å². The summed E-state index contributed by atoms with van der Waals surface area (Å²) in [5.74, 6) is 3.15. The van der Waals surface area contributed by atoms with Crippen LogP contribution < -0.4 is 0 Å². The molecule has 2 heterocycles. The highest BCUT2D eigenvalue weighted by Gasteiger charge is 2.45. The number of rotatable bonds is 3. The third-order valence-electron chi connectivity index (χ3n) is 3.86. The van der Waals surface area contributed by atoms with Crippen molar-refractivity contribution >= 4 is 35.6 Å². The normalized spacial score (nSPS) is 37.3. The maximum atomic E-state index is 6.29. The van der Waals surface area contributed by atoms with Crippen molar-refractivity contribution in [2.45, 2.75) is 75.1 Å². The Hall–Kier alpha value is -0.0531. The van der Waals surface area contributed by atoms with Gasteiger partial charge in [0.2, 0.25) is 0 Å². The van der Waals surface area contributed by atoms with Crippen LogP contribution in [0.4, 0.5) is 0 Å². The van der Waals surface area contributed by atoms with Crippen molar-refractivity contribution in [3.63, 3.8) is 0 Å². The van der Waals surface area contributed by atoms with Crippen molar-refractivity contribution in [1.29, 1.82) is 0 Å². The van der Waals surface area contributed by atoms with E-state index in [0.29, 0.717) is 0 Å². The largest absolute Gasteiger partial charge is 0.371 e. The number of hydrogen-bond acceptors (Lipinski definition) is 2. The molecule has 2 aliphatic heterocycles. The molecule has 0 spiro atoms. The molecule has 0 aromatic rings. The lowest BCUT2D eigenvalue weighted by Crippen LogP contribution is -2.33. The van der Waals surface area contributed by atoms with Crippen molar-refractivity contribution < 1.29 is 9.47 Å². The number of alkyl halides is 1. The zero-order valence-electron chi connectivity index (χ0n) is 14.3. The van der Waals surface area contributed by atoms with E-state index in [1.165, 1.54) is 0 Å². The minimum absolute atomic E-state index is 0.0636. The summed E-state index contributed by atoms with van der Waals surface area (Å²) in [7, 11) is -1.31. The lowest BCUT2D eigenvalue weighted by Gasteiger charge is -2.28. The lowest BCUT2D eigenvalue weighted by atomic mass is 10.0. The van der Waals surface area contributed by atoms with Crippen LogP contribution in [0, 0.1) is 11.5 Å². The first-order valence-electron chi connectivity index (χ1n) is 8.29. The van der Waals surface area contributed by atoms with Gasteiger partial charge in [-0.15, -0.1) is 5.54 Å². The minimum Gasteiger partial charge on any atom is -0.371 e. The topological polar surface area (TPSA) is 21.8 Å². The summed E-state index contributed by atoms with van der Waals surface area (Å²) in [6.07, 6.45) is 9.12. The number of epoxide rings is 1. The van der Waals surface area contributed by atoms with E-state index in [0.717, 1.165) is 24.3 Å². The smallest absolute Gasteiger partial charge is 0.129 e. The first kappa shape index (κ1) is 19.3. The molecule has 2 rings (SSSR count). The number of hydrogen-bond donors (Lipinski definition) is 0. The minimum atomic E-state index is -1.31. The van der Waals surface area contributed by atoms with Gasteiger partial charge in [0.1, 0.15) is 20.3 Å². The third-order valence-corrected chi connectivity index (χ3v) is 5.98. The zero-order chi connectivity index (χ0) is 17.0.